The second-order valence-corrected chi connectivity index (χ2v) is 3.02. The quantitative estimate of drug-likeness (QED) is 0.343. The predicted molar refractivity (Wildman–Crippen MR) is 34.4 cm³/mol. The summed E-state index contributed by atoms with van der Waals surface area (Å²) in [5.41, 5.74) is 4.69. The Kier molecular flexibility index (Phi) is 3.99. The summed E-state index contributed by atoms with van der Waals surface area (Å²) < 4.78 is 28.4. The summed E-state index contributed by atoms with van der Waals surface area (Å²) >= 11 is 0. The van der Waals surface area contributed by atoms with E-state index in [1.54, 1.807) is 0 Å². The monoisotopic (exact) mass is 203 g/mol. The molecule has 0 atom stereocenters. The lowest BCUT2D eigenvalue weighted by atomic mass is 10.6. The molecule has 8 nitrogen and oxygen atoms in total. The summed E-state index contributed by atoms with van der Waals surface area (Å²) in [7, 11) is -4.37. The molecule has 0 saturated heterocycles. The van der Waals surface area contributed by atoms with Crippen molar-refractivity contribution in [2.24, 2.45) is 5.73 Å². The van der Waals surface area contributed by atoms with E-state index in [2.05, 4.69) is 14.1 Å². The molecule has 9 heteroatoms. The van der Waals surface area contributed by atoms with Crippen LogP contribution in [-0.4, -0.2) is 43.0 Å². The predicted octanol–water partition coefficient (Wildman–Crippen LogP) is -3.19. The number of nitrogens with two attached hydrogens (primary N) is 1. The maximum Gasteiger partial charge on any atom is 0.401 e. The highest BCUT2D eigenvalue weighted by Gasteiger charge is 2.23. The first kappa shape index (κ1) is 11.7. The van der Waals surface area contributed by atoms with Crippen molar-refractivity contribution in [3.63, 3.8) is 0 Å². The standard InChI is InChI=1S/C3H9NO7S/c4-2-11-12(8,9)10-1-3(5,6)7/h5-7H,1-2,4H2. The molecule has 5 N–H and O–H groups in total. The van der Waals surface area contributed by atoms with Gasteiger partial charge in [0.25, 0.3) is 0 Å². The highest BCUT2D eigenvalue weighted by atomic mass is 32.3. The molecule has 0 spiro atoms. The van der Waals surface area contributed by atoms with Crippen molar-refractivity contribution in [2.45, 2.75) is 5.97 Å². The average molecular weight is 203 g/mol. The van der Waals surface area contributed by atoms with Gasteiger partial charge in [-0.2, -0.15) is 8.42 Å². The zero-order valence-electron chi connectivity index (χ0n) is 5.87. The van der Waals surface area contributed by atoms with E-state index >= 15 is 0 Å². The van der Waals surface area contributed by atoms with Crippen LogP contribution in [0.2, 0.25) is 0 Å². The molecule has 0 unspecified atom stereocenters. The van der Waals surface area contributed by atoms with Gasteiger partial charge in [0.1, 0.15) is 13.3 Å². The summed E-state index contributed by atoms with van der Waals surface area (Å²) in [4.78, 5) is 0. The van der Waals surface area contributed by atoms with Crippen LogP contribution in [0, 0.1) is 0 Å². The van der Waals surface area contributed by atoms with Crippen LogP contribution in [0.15, 0.2) is 0 Å². The molecule has 0 aromatic heterocycles. The van der Waals surface area contributed by atoms with E-state index in [4.69, 9.17) is 15.3 Å². The molecule has 0 aliphatic carbocycles. The average Bonchev–Trinajstić information content (AvgIpc) is 1.83. The van der Waals surface area contributed by atoms with Crippen LogP contribution in [0.3, 0.4) is 0 Å². The molecular weight excluding hydrogens is 194 g/mol. The highest BCUT2D eigenvalue weighted by molar-refractivity contribution is 7.81. The summed E-state index contributed by atoms with van der Waals surface area (Å²) in [6, 6.07) is 0. The molecular formula is C3H9NO7S. The van der Waals surface area contributed by atoms with E-state index in [1.165, 1.54) is 0 Å². The summed E-state index contributed by atoms with van der Waals surface area (Å²) in [6.45, 7) is -1.90. The number of aliphatic hydroxyl groups is 3. The van der Waals surface area contributed by atoms with E-state index in [9.17, 15) is 8.42 Å². The molecule has 0 aromatic rings. The van der Waals surface area contributed by atoms with Crippen molar-refractivity contribution in [2.75, 3.05) is 13.3 Å². The van der Waals surface area contributed by atoms with Gasteiger partial charge in [0.2, 0.25) is 0 Å². The maximum atomic E-state index is 10.4. The Morgan fingerprint density at radius 2 is 1.75 bits per heavy atom. The van der Waals surface area contributed by atoms with Crippen molar-refractivity contribution in [3.05, 3.63) is 0 Å². The molecule has 0 heterocycles. The minimum atomic E-state index is -4.37. The lowest BCUT2D eigenvalue weighted by Gasteiger charge is -2.12. The molecule has 0 aromatic carbocycles. The van der Waals surface area contributed by atoms with Gasteiger partial charge in [0, 0.05) is 0 Å². The lowest BCUT2D eigenvalue weighted by molar-refractivity contribution is -0.322. The van der Waals surface area contributed by atoms with E-state index in [0.717, 1.165) is 0 Å². The van der Waals surface area contributed by atoms with Crippen LogP contribution in [0.4, 0.5) is 0 Å². The fraction of sp³-hybridized carbons (Fsp3) is 1.00. The number of hydrogen-bond acceptors (Lipinski definition) is 8. The molecule has 0 aliphatic heterocycles. The molecule has 0 radical (unpaired) electrons. The molecule has 12 heavy (non-hydrogen) atoms. The van der Waals surface area contributed by atoms with E-state index in [1.807, 2.05) is 0 Å². The first-order valence-corrected chi connectivity index (χ1v) is 4.01. The Hall–Kier alpha value is -0.290. The van der Waals surface area contributed by atoms with Crippen molar-refractivity contribution >= 4 is 10.4 Å². The maximum absolute atomic E-state index is 10.4. The summed E-state index contributed by atoms with van der Waals surface area (Å²) in [5.74, 6) is -3.22. The van der Waals surface area contributed by atoms with Crippen molar-refractivity contribution < 1.29 is 32.1 Å². The van der Waals surface area contributed by atoms with Crippen LogP contribution in [0.5, 0.6) is 0 Å². The molecule has 0 rings (SSSR count). The second kappa shape index (κ2) is 4.09. The normalized spacial score (nSPS) is 13.3. The molecule has 0 saturated carbocycles. The molecule has 0 fully saturated rings. The third kappa shape index (κ3) is 6.42. The number of hydrogen-bond donors (Lipinski definition) is 4. The topological polar surface area (TPSA) is 139 Å². The van der Waals surface area contributed by atoms with E-state index < -0.39 is 29.7 Å². The fourth-order valence-corrected chi connectivity index (χ4v) is 0.806. The van der Waals surface area contributed by atoms with Gasteiger partial charge in [-0.3, -0.25) is 0 Å². The van der Waals surface area contributed by atoms with Gasteiger partial charge >= 0.3 is 16.4 Å². The Balaban J connectivity index is 3.94. The van der Waals surface area contributed by atoms with Crippen LogP contribution < -0.4 is 5.73 Å². The van der Waals surface area contributed by atoms with Crippen LogP contribution in [0.1, 0.15) is 0 Å². The molecule has 0 bridgehead atoms. The van der Waals surface area contributed by atoms with Crippen molar-refractivity contribution in [1.82, 2.24) is 0 Å². The molecule has 74 valence electrons. The zero-order valence-corrected chi connectivity index (χ0v) is 6.69. The third-order valence-electron chi connectivity index (χ3n) is 0.609. The van der Waals surface area contributed by atoms with Gasteiger partial charge in [-0.15, -0.1) is 0 Å². The minimum absolute atomic E-state index is 0.641. The van der Waals surface area contributed by atoms with Gasteiger partial charge in [0.05, 0.1) is 0 Å². The zero-order chi connectivity index (χ0) is 9.83. The SMILES string of the molecule is NCOS(=O)(=O)OCC(O)(O)O. The minimum Gasteiger partial charge on any atom is -0.342 e. The Morgan fingerprint density at radius 1 is 1.25 bits per heavy atom. The van der Waals surface area contributed by atoms with E-state index in [0.29, 0.717) is 0 Å². The van der Waals surface area contributed by atoms with Gasteiger partial charge in [0.15, 0.2) is 0 Å². The highest BCUT2D eigenvalue weighted by Crippen LogP contribution is 2.00. The first-order chi connectivity index (χ1) is 5.27. The smallest absolute Gasteiger partial charge is 0.342 e. The Morgan fingerprint density at radius 3 is 2.08 bits per heavy atom. The summed E-state index contributed by atoms with van der Waals surface area (Å²) in [6.07, 6.45) is 0. The Labute approximate surface area is 68.5 Å². The van der Waals surface area contributed by atoms with Crippen LogP contribution >= 0.6 is 0 Å². The van der Waals surface area contributed by atoms with Crippen LogP contribution in [-0.2, 0) is 18.8 Å². The number of rotatable bonds is 5. The van der Waals surface area contributed by atoms with E-state index in [-0.39, 0.29) is 0 Å². The summed E-state index contributed by atoms with van der Waals surface area (Å²) in [5, 5.41) is 24.6. The largest absolute Gasteiger partial charge is 0.401 e. The van der Waals surface area contributed by atoms with Crippen LogP contribution in [0.25, 0.3) is 0 Å². The second-order valence-electron chi connectivity index (χ2n) is 1.73. The van der Waals surface area contributed by atoms with Gasteiger partial charge in [-0.05, 0) is 0 Å². The Bertz CT molecular complexity index is 215. The van der Waals surface area contributed by atoms with Crippen molar-refractivity contribution in [3.8, 4) is 0 Å². The molecule has 0 amide bonds. The first-order valence-electron chi connectivity index (χ1n) is 2.68. The third-order valence-corrected chi connectivity index (χ3v) is 1.44. The van der Waals surface area contributed by atoms with Gasteiger partial charge in [-0.25, -0.2) is 8.37 Å². The van der Waals surface area contributed by atoms with Gasteiger partial charge in [-0.1, -0.05) is 0 Å². The van der Waals surface area contributed by atoms with Crippen molar-refractivity contribution in [1.29, 1.82) is 0 Å². The lowest BCUT2D eigenvalue weighted by Crippen LogP contribution is -2.35. The van der Waals surface area contributed by atoms with Gasteiger partial charge < -0.3 is 21.1 Å². The molecule has 0 aliphatic rings. The fourth-order valence-electron chi connectivity index (χ4n) is 0.269.